The van der Waals surface area contributed by atoms with Crippen molar-refractivity contribution in [1.82, 2.24) is 10.6 Å². The molecule has 122 valence electrons. The zero-order valence-electron chi connectivity index (χ0n) is 13.2. The highest BCUT2D eigenvalue weighted by Gasteiger charge is 2.20. The van der Waals surface area contributed by atoms with Gasteiger partial charge in [-0.3, -0.25) is 9.59 Å². The molecule has 1 atom stereocenters. The molecular formula is C18H22N2O3. The fourth-order valence-corrected chi connectivity index (χ4v) is 2.35. The number of allylic oxidation sites excluding steroid dienone is 2. The smallest absolute Gasteiger partial charge is 0.325 e. The highest BCUT2D eigenvalue weighted by Crippen LogP contribution is 2.09. The Morgan fingerprint density at radius 2 is 1.87 bits per heavy atom. The van der Waals surface area contributed by atoms with Crippen LogP contribution in [0.3, 0.4) is 0 Å². The van der Waals surface area contributed by atoms with Gasteiger partial charge in [-0.2, -0.15) is 0 Å². The highest BCUT2D eigenvalue weighted by molar-refractivity contribution is 5.85. The van der Waals surface area contributed by atoms with Gasteiger partial charge in [-0.1, -0.05) is 54.6 Å². The second-order valence-corrected chi connectivity index (χ2v) is 5.38. The van der Waals surface area contributed by atoms with Crippen molar-refractivity contribution in [3.63, 3.8) is 0 Å². The fourth-order valence-electron chi connectivity index (χ4n) is 2.35. The summed E-state index contributed by atoms with van der Waals surface area (Å²) in [5.74, 6) is -0.370. The van der Waals surface area contributed by atoms with Crippen molar-refractivity contribution < 1.29 is 14.3 Å². The summed E-state index contributed by atoms with van der Waals surface area (Å²) in [5, 5.41) is 5.90. The number of esters is 1. The molecule has 0 saturated carbocycles. The zero-order chi connectivity index (χ0) is 16.5. The van der Waals surface area contributed by atoms with Crippen LogP contribution in [0.1, 0.15) is 5.56 Å². The van der Waals surface area contributed by atoms with Crippen molar-refractivity contribution in [2.24, 2.45) is 5.92 Å². The lowest BCUT2D eigenvalue weighted by molar-refractivity contribution is -0.141. The molecule has 5 heteroatoms. The highest BCUT2D eigenvalue weighted by atomic mass is 16.5. The number of hydrogen-bond donors (Lipinski definition) is 2. The number of carbonyl (C=O) groups excluding carboxylic acids is 2. The number of amides is 1. The van der Waals surface area contributed by atoms with Gasteiger partial charge in [0, 0.05) is 12.5 Å². The van der Waals surface area contributed by atoms with Crippen LogP contribution in [0.25, 0.3) is 0 Å². The summed E-state index contributed by atoms with van der Waals surface area (Å²) in [6.45, 7) is 0.557. The van der Waals surface area contributed by atoms with Crippen LogP contribution < -0.4 is 10.6 Å². The van der Waals surface area contributed by atoms with Crippen LogP contribution >= 0.6 is 0 Å². The molecule has 0 unspecified atom stereocenters. The summed E-state index contributed by atoms with van der Waals surface area (Å²) < 4.78 is 4.55. The van der Waals surface area contributed by atoms with Crippen LogP contribution in [0.4, 0.5) is 0 Å². The monoisotopic (exact) mass is 314 g/mol. The second-order valence-electron chi connectivity index (χ2n) is 5.38. The number of hydrogen-bond acceptors (Lipinski definition) is 4. The quantitative estimate of drug-likeness (QED) is 0.708. The van der Waals surface area contributed by atoms with Gasteiger partial charge in [0.25, 0.3) is 0 Å². The van der Waals surface area contributed by atoms with Crippen molar-refractivity contribution >= 4 is 11.9 Å². The molecule has 23 heavy (non-hydrogen) atoms. The standard InChI is InChI=1S/C18H22N2O3/c1-23-17(21)13-20-18(22)16(11-14-7-3-2-4-8-14)19-12-15-9-5-6-10-15/h2-10,15-16,19H,11-13H2,1H3,(H,20,22)/t16-/m0/s1. The maximum Gasteiger partial charge on any atom is 0.325 e. The molecule has 0 spiro atoms. The molecule has 0 aromatic heterocycles. The fraction of sp³-hybridized carbons (Fsp3) is 0.333. The van der Waals surface area contributed by atoms with Crippen molar-refractivity contribution in [1.29, 1.82) is 0 Å². The van der Waals surface area contributed by atoms with Crippen molar-refractivity contribution in [2.75, 3.05) is 20.2 Å². The van der Waals surface area contributed by atoms with Gasteiger partial charge in [0.2, 0.25) is 5.91 Å². The maximum atomic E-state index is 12.4. The number of nitrogens with one attached hydrogen (secondary N) is 2. The molecule has 0 bridgehead atoms. The van der Waals surface area contributed by atoms with Crippen molar-refractivity contribution in [3.8, 4) is 0 Å². The molecule has 5 nitrogen and oxygen atoms in total. The first-order chi connectivity index (χ1) is 11.2. The summed E-state index contributed by atoms with van der Waals surface area (Å²) in [5.41, 5.74) is 1.07. The third-order valence-corrected chi connectivity index (χ3v) is 3.66. The minimum atomic E-state index is -0.460. The molecule has 0 fully saturated rings. The van der Waals surface area contributed by atoms with Crippen LogP contribution in [0.15, 0.2) is 54.6 Å². The van der Waals surface area contributed by atoms with E-state index in [2.05, 4.69) is 27.5 Å². The summed E-state index contributed by atoms with van der Waals surface area (Å²) in [4.78, 5) is 23.5. The molecule has 1 amide bonds. The number of carbonyl (C=O) groups is 2. The Morgan fingerprint density at radius 3 is 2.52 bits per heavy atom. The second kappa shape index (κ2) is 8.90. The van der Waals surface area contributed by atoms with E-state index in [1.807, 2.05) is 42.5 Å². The molecule has 0 aliphatic heterocycles. The van der Waals surface area contributed by atoms with Gasteiger partial charge in [-0.15, -0.1) is 0 Å². The van der Waals surface area contributed by atoms with E-state index in [0.29, 0.717) is 18.9 Å². The number of rotatable bonds is 8. The summed E-state index contributed by atoms with van der Waals surface area (Å²) in [6.07, 6.45) is 8.72. The van der Waals surface area contributed by atoms with Crippen LogP contribution in [0.2, 0.25) is 0 Å². The molecule has 1 aliphatic carbocycles. The van der Waals surface area contributed by atoms with E-state index in [9.17, 15) is 9.59 Å². The molecule has 2 N–H and O–H groups in total. The third kappa shape index (κ3) is 5.71. The first-order valence-electron chi connectivity index (χ1n) is 7.66. The van der Waals surface area contributed by atoms with E-state index in [1.54, 1.807) is 0 Å². The van der Waals surface area contributed by atoms with E-state index < -0.39 is 12.0 Å². The Labute approximate surface area is 136 Å². The van der Waals surface area contributed by atoms with E-state index in [0.717, 1.165) is 5.56 Å². The van der Waals surface area contributed by atoms with Crippen LogP contribution in [-0.4, -0.2) is 38.1 Å². The Hall–Kier alpha value is -2.40. The molecule has 0 saturated heterocycles. The molecule has 1 aliphatic rings. The predicted molar refractivity (Wildman–Crippen MR) is 88.7 cm³/mol. The van der Waals surface area contributed by atoms with E-state index in [4.69, 9.17) is 0 Å². The lowest BCUT2D eigenvalue weighted by Crippen LogP contribution is -2.48. The van der Waals surface area contributed by atoms with E-state index >= 15 is 0 Å². The summed E-state index contributed by atoms with van der Waals surface area (Å²) >= 11 is 0. The van der Waals surface area contributed by atoms with Crippen molar-refractivity contribution in [2.45, 2.75) is 12.5 Å². The lowest BCUT2D eigenvalue weighted by Gasteiger charge is -2.19. The topological polar surface area (TPSA) is 67.4 Å². The summed E-state index contributed by atoms with van der Waals surface area (Å²) in [7, 11) is 1.30. The number of benzene rings is 1. The van der Waals surface area contributed by atoms with Crippen LogP contribution in [0.5, 0.6) is 0 Å². The molecule has 1 aromatic rings. The zero-order valence-corrected chi connectivity index (χ0v) is 13.2. The molecule has 2 rings (SSSR count). The van der Waals surface area contributed by atoms with Gasteiger partial charge in [0.15, 0.2) is 0 Å². The van der Waals surface area contributed by atoms with E-state index in [1.165, 1.54) is 7.11 Å². The third-order valence-electron chi connectivity index (χ3n) is 3.66. The van der Waals surface area contributed by atoms with E-state index in [-0.39, 0.29) is 12.5 Å². The minimum absolute atomic E-state index is 0.120. The number of ether oxygens (including phenoxy) is 1. The van der Waals surface area contributed by atoms with Crippen LogP contribution in [0, 0.1) is 5.92 Å². The predicted octanol–water partition coefficient (Wildman–Crippen LogP) is 1.22. The molecule has 0 heterocycles. The maximum absolute atomic E-state index is 12.4. The molecule has 1 aromatic carbocycles. The SMILES string of the molecule is COC(=O)CNC(=O)[C@H](Cc1ccccc1)NCC1C=CC=C1. The van der Waals surface area contributed by atoms with Gasteiger partial charge in [-0.05, 0) is 12.0 Å². The van der Waals surface area contributed by atoms with Crippen LogP contribution in [-0.2, 0) is 20.7 Å². The molecule has 0 radical (unpaired) electrons. The Balaban J connectivity index is 1.94. The average molecular weight is 314 g/mol. The van der Waals surface area contributed by atoms with Gasteiger partial charge in [0.1, 0.15) is 6.54 Å². The molecular weight excluding hydrogens is 292 g/mol. The lowest BCUT2D eigenvalue weighted by atomic mass is 10.0. The summed E-state index contributed by atoms with van der Waals surface area (Å²) in [6, 6.07) is 9.40. The average Bonchev–Trinajstić information content (AvgIpc) is 3.10. The van der Waals surface area contributed by atoms with Gasteiger partial charge < -0.3 is 15.4 Å². The first kappa shape index (κ1) is 17.0. The van der Waals surface area contributed by atoms with Crippen molar-refractivity contribution in [3.05, 3.63) is 60.2 Å². The van der Waals surface area contributed by atoms with Gasteiger partial charge in [-0.25, -0.2) is 0 Å². The van der Waals surface area contributed by atoms with Gasteiger partial charge in [0.05, 0.1) is 13.2 Å². The normalized spacial score (nSPS) is 14.7. The minimum Gasteiger partial charge on any atom is -0.468 e. The Morgan fingerprint density at radius 1 is 1.17 bits per heavy atom. The number of methoxy groups -OCH3 is 1. The largest absolute Gasteiger partial charge is 0.468 e. The Kier molecular flexibility index (Phi) is 6.56. The van der Waals surface area contributed by atoms with Gasteiger partial charge >= 0.3 is 5.97 Å². The first-order valence-corrected chi connectivity index (χ1v) is 7.66. The Bertz CT molecular complexity index is 569.